The van der Waals surface area contributed by atoms with E-state index in [1.54, 1.807) is 0 Å². The highest BCUT2D eigenvalue weighted by Crippen LogP contribution is 2.12. The molecule has 0 spiro atoms. The first-order valence-electron chi connectivity index (χ1n) is 12.9. The highest BCUT2D eigenvalue weighted by atomic mass is 16.3. The van der Waals surface area contributed by atoms with E-state index in [0.717, 1.165) is 38.5 Å². The largest absolute Gasteiger partial charge is 0.394 e. The monoisotopic (exact) mass is 425 g/mol. The van der Waals surface area contributed by atoms with Crippen LogP contribution in [0.25, 0.3) is 0 Å². The zero-order valence-electron chi connectivity index (χ0n) is 20.0. The lowest BCUT2D eigenvalue weighted by molar-refractivity contribution is -0.123. The van der Waals surface area contributed by atoms with Gasteiger partial charge in [0.05, 0.1) is 18.8 Å². The maximum absolute atomic E-state index is 12.1. The van der Waals surface area contributed by atoms with Crippen molar-refractivity contribution in [2.24, 2.45) is 0 Å². The molecule has 0 saturated heterocycles. The number of allylic oxidation sites excluding steroid dienone is 2. The van der Waals surface area contributed by atoms with Crippen molar-refractivity contribution in [1.82, 2.24) is 5.32 Å². The molecule has 4 heteroatoms. The second-order valence-electron chi connectivity index (χ2n) is 8.75. The van der Waals surface area contributed by atoms with Gasteiger partial charge in [0.25, 0.3) is 0 Å². The summed E-state index contributed by atoms with van der Waals surface area (Å²) in [6, 6.07) is -0.541. The van der Waals surface area contributed by atoms with Crippen LogP contribution in [0.2, 0.25) is 0 Å². The fraction of sp³-hybridized carbons (Fsp3) is 0.885. The molecule has 178 valence electrons. The highest BCUT2D eigenvalue weighted by Gasteiger charge is 2.19. The number of aliphatic hydroxyl groups excluding tert-OH is 2. The molecule has 0 aromatic rings. The van der Waals surface area contributed by atoms with Crippen molar-refractivity contribution in [2.75, 3.05) is 6.61 Å². The Kier molecular flexibility index (Phi) is 22.1. The van der Waals surface area contributed by atoms with Gasteiger partial charge < -0.3 is 15.5 Å². The minimum atomic E-state index is -0.671. The average molecular weight is 426 g/mol. The summed E-state index contributed by atoms with van der Waals surface area (Å²) in [4.78, 5) is 12.1. The summed E-state index contributed by atoms with van der Waals surface area (Å²) >= 11 is 0. The maximum Gasteiger partial charge on any atom is 0.220 e. The minimum absolute atomic E-state index is 0.0499. The van der Waals surface area contributed by atoms with Crippen LogP contribution < -0.4 is 5.32 Å². The van der Waals surface area contributed by atoms with Gasteiger partial charge in [0.1, 0.15) is 0 Å². The molecule has 0 fully saturated rings. The number of aliphatic hydroxyl groups is 2. The number of carbonyl (C=O) groups excluding carboxylic acids is 1. The van der Waals surface area contributed by atoms with E-state index in [9.17, 15) is 15.0 Å². The molecule has 4 nitrogen and oxygen atoms in total. The molecule has 0 aliphatic rings. The average Bonchev–Trinajstić information content (AvgIpc) is 2.75. The number of nitrogens with one attached hydrogen (secondary N) is 1. The summed E-state index contributed by atoms with van der Waals surface area (Å²) in [7, 11) is 0. The topological polar surface area (TPSA) is 69.6 Å². The molecule has 0 unspecified atom stereocenters. The Balaban J connectivity index is 3.71. The van der Waals surface area contributed by atoms with E-state index < -0.39 is 12.1 Å². The predicted octanol–water partition coefficient (Wildman–Crippen LogP) is 6.44. The first kappa shape index (κ1) is 29.1. The summed E-state index contributed by atoms with van der Waals surface area (Å²) in [5.74, 6) is -0.0499. The van der Waals surface area contributed by atoms with E-state index in [0.29, 0.717) is 12.8 Å². The quantitative estimate of drug-likeness (QED) is 0.138. The van der Waals surface area contributed by atoms with Gasteiger partial charge in [-0.2, -0.15) is 0 Å². The van der Waals surface area contributed by atoms with Gasteiger partial charge in [-0.3, -0.25) is 4.79 Å². The maximum atomic E-state index is 12.1. The highest BCUT2D eigenvalue weighted by molar-refractivity contribution is 5.76. The Labute approximate surface area is 186 Å². The number of unbranched alkanes of at least 4 members (excludes halogenated alkanes) is 13. The lowest BCUT2D eigenvalue weighted by Gasteiger charge is -2.22. The Hall–Kier alpha value is -0.870. The van der Waals surface area contributed by atoms with Gasteiger partial charge in [-0.1, -0.05) is 96.6 Å². The van der Waals surface area contributed by atoms with Gasteiger partial charge in [0, 0.05) is 6.42 Å². The van der Waals surface area contributed by atoms with Gasteiger partial charge in [-0.15, -0.1) is 0 Å². The van der Waals surface area contributed by atoms with E-state index in [4.69, 9.17) is 0 Å². The molecule has 0 aliphatic carbocycles. The predicted molar refractivity (Wildman–Crippen MR) is 129 cm³/mol. The van der Waals surface area contributed by atoms with Crippen molar-refractivity contribution in [3.63, 3.8) is 0 Å². The Morgan fingerprint density at radius 2 is 1.27 bits per heavy atom. The molecule has 30 heavy (non-hydrogen) atoms. The molecule has 3 N–H and O–H groups in total. The van der Waals surface area contributed by atoms with Crippen LogP contribution in [0.1, 0.15) is 129 Å². The fourth-order valence-electron chi connectivity index (χ4n) is 3.70. The second kappa shape index (κ2) is 22.8. The van der Waals surface area contributed by atoms with Gasteiger partial charge in [0.15, 0.2) is 0 Å². The van der Waals surface area contributed by atoms with Crippen molar-refractivity contribution in [2.45, 2.75) is 142 Å². The van der Waals surface area contributed by atoms with Crippen molar-refractivity contribution in [1.29, 1.82) is 0 Å². The summed E-state index contributed by atoms with van der Waals surface area (Å²) in [6.45, 7) is 4.25. The summed E-state index contributed by atoms with van der Waals surface area (Å²) in [6.07, 6.45) is 23.9. The van der Waals surface area contributed by atoms with E-state index in [-0.39, 0.29) is 12.5 Å². The van der Waals surface area contributed by atoms with Crippen LogP contribution in [-0.4, -0.2) is 34.9 Å². The van der Waals surface area contributed by atoms with Crippen LogP contribution in [0, 0.1) is 0 Å². The Bertz CT molecular complexity index is 398. The molecule has 0 bridgehead atoms. The zero-order valence-corrected chi connectivity index (χ0v) is 20.0. The van der Waals surface area contributed by atoms with E-state index in [1.165, 1.54) is 64.2 Å². The van der Waals surface area contributed by atoms with E-state index >= 15 is 0 Å². The molecular weight excluding hydrogens is 374 g/mol. The zero-order chi connectivity index (χ0) is 22.3. The Morgan fingerprint density at radius 3 is 1.83 bits per heavy atom. The number of rotatable bonds is 22. The molecular formula is C26H51NO3. The third kappa shape index (κ3) is 19.1. The Morgan fingerprint density at radius 1 is 0.767 bits per heavy atom. The molecule has 0 saturated carbocycles. The fourth-order valence-corrected chi connectivity index (χ4v) is 3.70. The van der Waals surface area contributed by atoms with Crippen LogP contribution in [0.15, 0.2) is 12.2 Å². The summed E-state index contributed by atoms with van der Waals surface area (Å²) < 4.78 is 0. The van der Waals surface area contributed by atoms with Crippen LogP contribution >= 0.6 is 0 Å². The number of amides is 1. The van der Waals surface area contributed by atoms with Crippen LogP contribution in [0.5, 0.6) is 0 Å². The summed E-state index contributed by atoms with van der Waals surface area (Å²) in [5.41, 5.74) is 0. The molecule has 0 aliphatic heterocycles. The van der Waals surface area contributed by atoms with E-state index in [1.807, 2.05) is 0 Å². The van der Waals surface area contributed by atoms with Crippen LogP contribution in [-0.2, 0) is 4.79 Å². The molecule has 0 radical (unpaired) electrons. The SMILES string of the molecule is CCCCC/C=C/CCCC[C@@H](O)[C@H](CO)NC(=O)CCCCCCCCCCC. The third-order valence-electron chi connectivity index (χ3n) is 5.78. The molecule has 0 heterocycles. The third-order valence-corrected chi connectivity index (χ3v) is 5.78. The molecule has 2 atom stereocenters. The van der Waals surface area contributed by atoms with Crippen LogP contribution in [0.4, 0.5) is 0 Å². The van der Waals surface area contributed by atoms with Crippen molar-refractivity contribution < 1.29 is 15.0 Å². The molecule has 0 aromatic carbocycles. The summed E-state index contributed by atoms with van der Waals surface area (Å²) in [5, 5.41) is 22.6. The smallest absolute Gasteiger partial charge is 0.220 e. The number of hydrogen-bond donors (Lipinski definition) is 3. The molecule has 1 amide bonds. The standard InChI is InChI=1S/C26H51NO3/c1-3-5-7-9-11-13-15-17-19-21-25(29)24(23-28)27-26(30)22-20-18-16-14-12-10-8-6-4-2/h11,13,24-25,28-29H,3-10,12,14-23H2,1-2H3,(H,27,30)/b13-11+/t24-,25+/m0/s1. The van der Waals surface area contributed by atoms with Crippen molar-refractivity contribution in [3.8, 4) is 0 Å². The number of hydrogen-bond acceptors (Lipinski definition) is 3. The molecule has 0 rings (SSSR count). The van der Waals surface area contributed by atoms with Gasteiger partial charge in [0.2, 0.25) is 5.91 Å². The van der Waals surface area contributed by atoms with Crippen LogP contribution in [0.3, 0.4) is 0 Å². The second-order valence-corrected chi connectivity index (χ2v) is 8.75. The van der Waals surface area contributed by atoms with Crippen molar-refractivity contribution >= 4 is 5.91 Å². The number of carbonyl (C=O) groups is 1. The lowest BCUT2D eigenvalue weighted by atomic mass is 10.0. The van der Waals surface area contributed by atoms with E-state index in [2.05, 4.69) is 31.3 Å². The lowest BCUT2D eigenvalue weighted by Crippen LogP contribution is -2.45. The first-order chi connectivity index (χ1) is 14.7. The molecule has 0 aromatic heterocycles. The first-order valence-corrected chi connectivity index (χ1v) is 12.9. The normalized spacial score (nSPS) is 13.6. The van der Waals surface area contributed by atoms with Gasteiger partial charge >= 0.3 is 0 Å². The van der Waals surface area contributed by atoms with Gasteiger partial charge in [-0.25, -0.2) is 0 Å². The minimum Gasteiger partial charge on any atom is -0.394 e. The van der Waals surface area contributed by atoms with Crippen molar-refractivity contribution in [3.05, 3.63) is 12.2 Å². The van der Waals surface area contributed by atoms with Gasteiger partial charge in [-0.05, 0) is 38.5 Å².